The number of nitrogens with zero attached hydrogens (tertiary/aromatic N) is 1. The van der Waals surface area contributed by atoms with Crippen LogP contribution in [0.3, 0.4) is 0 Å². The molecule has 3 aliphatic heterocycles. The number of hydrogen-bond acceptors (Lipinski definition) is 8. The first-order chi connectivity index (χ1) is 20.9. The van der Waals surface area contributed by atoms with E-state index in [-0.39, 0.29) is 35.2 Å². The molecular formula is C33H26N2O6S2. The molecule has 1 saturated heterocycles. The normalized spacial score (nSPS) is 19.3. The largest absolute Gasteiger partial charge is 0.458 e. The first-order valence-electron chi connectivity index (χ1n) is 13.6. The number of carbonyl (C=O) groups is 4. The second kappa shape index (κ2) is 12.4. The number of cyclic esters (lactones) is 1. The summed E-state index contributed by atoms with van der Waals surface area (Å²) in [4.78, 5) is 53.9. The third kappa shape index (κ3) is 5.89. The fourth-order valence-electron chi connectivity index (χ4n) is 5.23. The van der Waals surface area contributed by atoms with Crippen molar-refractivity contribution in [3.63, 3.8) is 0 Å². The molecule has 1 N–H and O–H groups in total. The monoisotopic (exact) mass is 610 g/mol. The summed E-state index contributed by atoms with van der Waals surface area (Å²) in [6, 6.07) is 27.1. The summed E-state index contributed by atoms with van der Waals surface area (Å²) in [5.74, 6) is -1.70. The van der Waals surface area contributed by atoms with Crippen LogP contribution >= 0.6 is 24.0 Å². The molecule has 0 radical (unpaired) electrons. The van der Waals surface area contributed by atoms with Gasteiger partial charge in [-0.3, -0.25) is 14.5 Å². The van der Waals surface area contributed by atoms with Crippen molar-refractivity contribution in [2.75, 3.05) is 12.4 Å². The summed E-state index contributed by atoms with van der Waals surface area (Å²) < 4.78 is 11.2. The van der Waals surface area contributed by atoms with Gasteiger partial charge in [-0.1, -0.05) is 103 Å². The van der Waals surface area contributed by atoms with E-state index in [1.165, 1.54) is 22.7 Å². The average Bonchev–Trinajstić information content (AvgIpc) is 3.48. The number of nitrogens with one attached hydrogen (secondary N) is 1. The van der Waals surface area contributed by atoms with Crippen molar-refractivity contribution in [2.45, 2.75) is 23.9 Å². The van der Waals surface area contributed by atoms with Crippen molar-refractivity contribution in [3.8, 4) is 0 Å². The van der Waals surface area contributed by atoms with Gasteiger partial charge in [0.1, 0.15) is 23.7 Å². The second-order valence-electron chi connectivity index (χ2n) is 10.2. The van der Waals surface area contributed by atoms with E-state index in [1.807, 2.05) is 91.0 Å². The van der Waals surface area contributed by atoms with E-state index >= 15 is 0 Å². The van der Waals surface area contributed by atoms with E-state index in [9.17, 15) is 19.2 Å². The molecule has 0 bridgehead atoms. The molecule has 3 aliphatic rings. The average molecular weight is 611 g/mol. The van der Waals surface area contributed by atoms with Crippen LogP contribution in [0.1, 0.15) is 22.8 Å². The third-order valence-electron chi connectivity index (χ3n) is 7.34. The van der Waals surface area contributed by atoms with Gasteiger partial charge in [0, 0.05) is 23.0 Å². The Hall–Kier alpha value is -4.54. The van der Waals surface area contributed by atoms with E-state index in [0.717, 1.165) is 16.7 Å². The Morgan fingerprint density at radius 2 is 1.56 bits per heavy atom. The molecule has 3 aromatic carbocycles. The van der Waals surface area contributed by atoms with Gasteiger partial charge in [-0.05, 0) is 16.7 Å². The first-order valence-corrected chi connectivity index (χ1v) is 15.1. The number of carbonyl (C=O) groups excluding carboxylic acids is 4. The van der Waals surface area contributed by atoms with Crippen molar-refractivity contribution in [1.82, 2.24) is 10.2 Å². The van der Waals surface area contributed by atoms with Crippen LogP contribution in [0.4, 0.5) is 0 Å². The lowest BCUT2D eigenvalue weighted by molar-refractivity contribution is -0.154. The van der Waals surface area contributed by atoms with Gasteiger partial charge < -0.3 is 14.8 Å². The molecule has 3 heterocycles. The van der Waals surface area contributed by atoms with Crippen LogP contribution in [-0.2, 0) is 35.1 Å². The lowest BCUT2D eigenvalue weighted by Gasteiger charge is -2.50. The van der Waals surface area contributed by atoms with E-state index in [2.05, 4.69) is 5.32 Å². The van der Waals surface area contributed by atoms with Gasteiger partial charge in [0.2, 0.25) is 5.91 Å². The predicted octanol–water partition coefficient (Wildman–Crippen LogP) is 4.07. The first kappa shape index (κ1) is 28.6. The summed E-state index contributed by atoms with van der Waals surface area (Å²) in [5, 5.41) is 2.31. The number of ether oxygens (including phenoxy) is 2. The van der Waals surface area contributed by atoms with Crippen LogP contribution in [0.5, 0.6) is 0 Å². The van der Waals surface area contributed by atoms with Gasteiger partial charge in [0.15, 0.2) is 6.10 Å². The standard InChI is InChI=1S/C33H26N2O6S2/c36-25(16-20-10-4-1-5-11-20)34-27-31(38)35-28(24(19-43-32(27)35)30(42)23-17-26(37)40-18-23)33(39)41-29(21-12-6-2-7-13-21)22-14-8-3-9-15-22/h1-15,17,27,29,32H,16,18-19H2,(H,34,36)/t27-,32+/m1/s1. The number of fused-ring (bicyclic) bond motifs is 1. The molecule has 2 atom stereocenters. The lowest BCUT2D eigenvalue weighted by atomic mass is 9.98. The fourth-order valence-corrected chi connectivity index (χ4v) is 6.97. The topological polar surface area (TPSA) is 102 Å². The van der Waals surface area contributed by atoms with Crippen LogP contribution < -0.4 is 5.32 Å². The van der Waals surface area contributed by atoms with E-state index in [4.69, 9.17) is 21.7 Å². The zero-order valence-electron chi connectivity index (χ0n) is 22.8. The summed E-state index contributed by atoms with van der Waals surface area (Å²) in [5.41, 5.74) is 3.23. The van der Waals surface area contributed by atoms with Crippen molar-refractivity contribution < 1.29 is 28.7 Å². The molecule has 0 spiro atoms. The highest BCUT2D eigenvalue weighted by Gasteiger charge is 2.55. The molecule has 1 fully saturated rings. The lowest BCUT2D eigenvalue weighted by Crippen LogP contribution is -2.70. The van der Waals surface area contributed by atoms with Crippen molar-refractivity contribution in [1.29, 1.82) is 0 Å². The minimum absolute atomic E-state index is 0.0135. The SMILES string of the molecule is O=C(Cc1ccccc1)N[C@@H]1C(=O)N2C(C(=O)OC(c3ccccc3)c3ccccc3)=C(C(=S)C3=CC(=O)OC3)CS[C@@H]12. The van der Waals surface area contributed by atoms with Crippen molar-refractivity contribution in [2.24, 2.45) is 0 Å². The summed E-state index contributed by atoms with van der Waals surface area (Å²) in [6.45, 7) is -0.0135. The number of thiocarbonyl (C=S) groups is 1. The molecule has 2 amide bonds. The van der Waals surface area contributed by atoms with E-state index < -0.39 is 35.4 Å². The Bertz CT molecular complexity index is 1620. The summed E-state index contributed by atoms with van der Waals surface area (Å²) in [7, 11) is 0. The van der Waals surface area contributed by atoms with Gasteiger partial charge in [0.25, 0.3) is 5.91 Å². The molecular weight excluding hydrogens is 585 g/mol. The Labute approximate surface area is 257 Å². The van der Waals surface area contributed by atoms with Crippen LogP contribution in [0.25, 0.3) is 0 Å². The van der Waals surface area contributed by atoms with Crippen LogP contribution in [-0.4, -0.2) is 57.3 Å². The molecule has 216 valence electrons. The van der Waals surface area contributed by atoms with E-state index in [1.54, 1.807) is 0 Å². The van der Waals surface area contributed by atoms with Gasteiger partial charge in [0.05, 0.1) is 11.3 Å². The quantitative estimate of drug-likeness (QED) is 0.220. The number of esters is 2. The Morgan fingerprint density at radius 1 is 0.953 bits per heavy atom. The zero-order chi connectivity index (χ0) is 29.9. The van der Waals surface area contributed by atoms with E-state index in [0.29, 0.717) is 11.1 Å². The second-order valence-corrected chi connectivity index (χ2v) is 11.7. The highest BCUT2D eigenvalue weighted by Crippen LogP contribution is 2.43. The third-order valence-corrected chi connectivity index (χ3v) is 9.13. The maximum Gasteiger partial charge on any atom is 0.356 e. The molecule has 0 aromatic heterocycles. The van der Waals surface area contributed by atoms with Crippen LogP contribution in [0, 0.1) is 0 Å². The molecule has 0 aliphatic carbocycles. The van der Waals surface area contributed by atoms with Gasteiger partial charge in [-0.15, -0.1) is 11.8 Å². The molecule has 43 heavy (non-hydrogen) atoms. The maximum absolute atomic E-state index is 14.1. The number of hydrogen-bond donors (Lipinski definition) is 1. The van der Waals surface area contributed by atoms with Gasteiger partial charge in [-0.2, -0.15) is 0 Å². The predicted molar refractivity (Wildman–Crippen MR) is 165 cm³/mol. The van der Waals surface area contributed by atoms with Gasteiger partial charge in [-0.25, -0.2) is 9.59 Å². The number of benzene rings is 3. The maximum atomic E-state index is 14.1. The molecule has 0 unspecified atom stereocenters. The fraction of sp³-hybridized carbons (Fsp3) is 0.182. The highest BCUT2D eigenvalue weighted by atomic mass is 32.2. The van der Waals surface area contributed by atoms with Crippen LogP contribution in [0.2, 0.25) is 0 Å². The van der Waals surface area contributed by atoms with Crippen LogP contribution in [0.15, 0.2) is 114 Å². The number of β-lactam (4-membered cyclic amide) rings is 1. The van der Waals surface area contributed by atoms with Crippen molar-refractivity contribution >= 4 is 52.6 Å². The Balaban J connectivity index is 1.31. The number of amides is 2. The number of thioether (sulfide) groups is 1. The summed E-state index contributed by atoms with van der Waals surface area (Å²) >= 11 is 7.11. The Kier molecular flexibility index (Phi) is 8.22. The molecule has 0 saturated carbocycles. The molecule has 8 nitrogen and oxygen atoms in total. The summed E-state index contributed by atoms with van der Waals surface area (Å²) in [6.07, 6.45) is 0.676. The molecule has 6 rings (SSSR count). The zero-order valence-corrected chi connectivity index (χ0v) is 24.4. The smallest absolute Gasteiger partial charge is 0.356 e. The minimum atomic E-state index is -0.811. The van der Waals surface area contributed by atoms with Crippen molar-refractivity contribution in [3.05, 3.63) is 131 Å². The molecule has 3 aromatic rings. The highest BCUT2D eigenvalue weighted by molar-refractivity contribution is 8.00. The Morgan fingerprint density at radius 3 is 2.14 bits per heavy atom. The van der Waals surface area contributed by atoms with Gasteiger partial charge >= 0.3 is 11.9 Å². The molecule has 10 heteroatoms. The number of rotatable bonds is 9. The minimum Gasteiger partial charge on any atom is -0.458 e.